The summed E-state index contributed by atoms with van der Waals surface area (Å²) in [6.45, 7) is 1.92. The first kappa shape index (κ1) is 29.3. The van der Waals surface area contributed by atoms with E-state index in [9.17, 15) is 0 Å². The second-order valence-electron chi connectivity index (χ2n) is 1.52. The quantitative estimate of drug-likeness (QED) is 0.345. The maximum absolute atomic E-state index is 7.17. The monoisotopic (exact) mass is 224 g/mol. The molecule has 0 aliphatic carbocycles. The summed E-state index contributed by atoms with van der Waals surface area (Å²) in [7, 11) is -2.17. The Morgan fingerprint density at radius 3 is 1.57 bits per heavy atom. The number of aryl methyl sites for hydroxylation is 1. The Kier molecular flexibility index (Phi) is 37.3. The van der Waals surface area contributed by atoms with Gasteiger partial charge in [-0.2, -0.15) is 0 Å². The van der Waals surface area contributed by atoms with E-state index in [4.69, 9.17) is 15.1 Å². The van der Waals surface area contributed by atoms with E-state index in [-0.39, 0.29) is 18.8 Å². The lowest BCUT2D eigenvalue weighted by atomic mass is 10.3. The van der Waals surface area contributed by atoms with Crippen LogP contribution < -0.4 is 0 Å². The van der Waals surface area contributed by atoms with Crippen LogP contribution in [0, 0.1) is 6.92 Å². The number of nitrogens with one attached hydrogen (secondary N) is 1. The molecule has 1 rings (SSSR count). The first-order valence-electron chi connectivity index (χ1n) is 2.63. The first-order chi connectivity index (χ1) is 4.63. The van der Waals surface area contributed by atoms with E-state index in [2.05, 4.69) is 9.97 Å². The number of hydrogen-bond acceptors (Lipinski definition) is 4. The third-order valence-electron chi connectivity index (χ3n) is 0.635. The SMILES string of the molecule is Cc1ncc[nH]1.F.F.F.F.OB(O)O. The molecule has 4 N–H and O–H groups in total. The van der Waals surface area contributed by atoms with Gasteiger partial charge < -0.3 is 20.1 Å². The van der Waals surface area contributed by atoms with Crippen LogP contribution in [0.25, 0.3) is 0 Å². The van der Waals surface area contributed by atoms with Crippen LogP contribution in [-0.2, 0) is 0 Å². The summed E-state index contributed by atoms with van der Waals surface area (Å²) in [6, 6.07) is 0. The van der Waals surface area contributed by atoms with Crippen LogP contribution in [0.2, 0.25) is 0 Å². The lowest BCUT2D eigenvalue weighted by molar-refractivity contribution is 0.278. The lowest BCUT2D eigenvalue weighted by Crippen LogP contribution is -2.07. The standard InChI is InChI=1S/C4H6N2.BH3O3.4FH/c1-4-5-2-3-6-4;2-1(3)4;;;;/h2-3H,1H3,(H,5,6);2-4H;4*1H. The zero-order chi connectivity index (χ0) is 7.98. The molecular weight excluding hydrogens is 211 g/mol. The third kappa shape index (κ3) is 30.7. The molecule has 0 aliphatic heterocycles. The van der Waals surface area contributed by atoms with Gasteiger partial charge in [-0.25, -0.2) is 4.98 Å². The fourth-order valence-electron chi connectivity index (χ4n) is 0.344. The Labute approximate surface area is 77.5 Å². The third-order valence-corrected chi connectivity index (χ3v) is 0.635. The molecule has 1 aromatic heterocycles. The number of halogens is 4. The molecule has 0 fully saturated rings. The van der Waals surface area contributed by atoms with Crippen LogP contribution in [0.3, 0.4) is 0 Å². The van der Waals surface area contributed by atoms with Gasteiger partial charge in [0.25, 0.3) is 0 Å². The molecule has 0 amide bonds. The molecule has 0 spiro atoms. The number of H-pyrrole nitrogens is 1. The van der Waals surface area contributed by atoms with E-state index >= 15 is 0 Å². The van der Waals surface area contributed by atoms with E-state index < -0.39 is 7.32 Å². The van der Waals surface area contributed by atoms with Crippen molar-refractivity contribution in [3.8, 4) is 0 Å². The van der Waals surface area contributed by atoms with Crippen LogP contribution in [0.15, 0.2) is 12.4 Å². The number of aromatic amines is 1. The van der Waals surface area contributed by atoms with Gasteiger partial charge in [-0.05, 0) is 6.92 Å². The summed E-state index contributed by atoms with van der Waals surface area (Å²) in [6.07, 6.45) is 3.53. The molecular formula is C4H13BF4N2O3. The molecule has 5 nitrogen and oxygen atoms in total. The van der Waals surface area contributed by atoms with Crippen molar-refractivity contribution in [1.82, 2.24) is 9.97 Å². The lowest BCUT2D eigenvalue weighted by Gasteiger charge is -1.69. The topological polar surface area (TPSA) is 89.4 Å². The Morgan fingerprint density at radius 1 is 1.14 bits per heavy atom. The highest BCUT2D eigenvalue weighted by Gasteiger charge is 1.92. The summed E-state index contributed by atoms with van der Waals surface area (Å²) >= 11 is 0. The predicted molar refractivity (Wildman–Crippen MR) is 45.7 cm³/mol. The molecule has 0 saturated carbocycles. The molecule has 0 aliphatic rings. The van der Waals surface area contributed by atoms with Gasteiger partial charge in [-0.3, -0.25) is 18.8 Å². The van der Waals surface area contributed by atoms with E-state index in [0.717, 1.165) is 5.82 Å². The molecule has 0 radical (unpaired) electrons. The molecule has 1 heterocycles. The smallest absolute Gasteiger partial charge is 0.402 e. The van der Waals surface area contributed by atoms with Crippen molar-refractivity contribution in [2.24, 2.45) is 0 Å². The van der Waals surface area contributed by atoms with Crippen molar-refractivity contribution in [2.45, 2.75) is 6.92 Å². The molecule has 0 aromatic carbocycles. The largest absolute Gasteiger partial charge is 0.631 e. The first-order valence-corrected chi connectivity index (χ1v) is 2.63. The van der Waals surface area contributed by atoms with E-state index in [1.165, 1.54) is 0 Å². The fraction of sp³-hybridized carbons (Fsp3) is 0.250. The van der Waals surface area contributed by atoms with Crippen molar-refractivity contribution < 1.29 is 33.9 Å². The average Bonchev–Trinajstić information content (AvgIpc) is 2.15. The van der Waals surface area contributed by atoms with Gasteiger partial charge >= 0.3 is 7.32 Å². The zero-order valence-electron chi connectivity index (χ0n) is 7.15. The Hall–Kier alpha value is -1.13. The molecule has 14 heavy (non-hydrogen) atoms. The summed E-state index contributed by atoms with van der Waals surface area (Å²) in [5.41, 5.74) is 0. The Balaban J connectivity index is -0.0000000315. The normalized spacial score (nSPS) is 5.71. The summed E-state index contributed by atoms with van der Waals surface area (Å²) in [4.78, 5) is 6.75. The van der Waals surface area contributed by atoms with Crippen LogP contribution in [0.4, 0.5) is 18.8 Å². The highest BCUT2D eigenvalue weighted by atomic mass is 19.0. The number of nitrogens with zero attached hydrogens (tertiary/aromatic N) is 1. The molecule has 0 saturated heterocycles. The highest BCUT2D eigenvalue weighted by molar-refractivity contribution is 6.30. The number of aromatic nitrogens is 2. The molecule has 10 heteroatoms. The molecule has 88 valence electrons. The molecule has 1 aromatic rings. The van der Waals surface area contributed by atoms with E-state index in [1.807, 2.05) is 6.92 Å². The molecule has 0 bridgehead atoms. The van der Waals surface area contributed by atoms with Crippen molar-refractivity contribution in [3.63, 3.8) is 0 Å². The van der Waals surface area contributed by atoms with Gasteiger partial charge in [-0.15, -0.1) is 0 Å². The molecule has 0 atom stereocenters. The van der Waals surface area contributed by atoms with Crippen molar-refractivity contribution in [3.05, 3.63) is 18.2 Å². The minimum absolute atomic E-state index is 0. The van der Waals surface area contributed by atoms with Gasteiger partial charge in [0, 0.05) is 12.4 Å². The maximum atomic E-state index is 7.17. The predicted octanol–water partition coefficient (Wildman–Crippen LogP) is -0.724. The van der Waals surface area contributed by atoms with Crippen molar-refractivity contribution in [1.29, 1.82) is 0 Å². The summed E-state index contributed by atoms with van der Waals surface area (Å²) in [5, 5.41) is 21.5. The minimum Gasteiger partial charge on any atom is -0.402 e. The second kappa shape index (κ2) is 17.8. The Bertz CT molecular complexity index is 163. The number of hydrogen-bond donors (Lipinski definition) is 4. The second-order valence-corrected chi connectivity index (χ2v) is 1.52. The van der Waals surface area contributed by atoms with Gasteiger partial charge in [0.05, 0.1) is 0 Å². The van der Waals surface area contributed by atoms with Crippen molar-refractivity contribution in [2.75, 3.05) is 0 Å². The van der Waals surface area contributed by atoms with Gasteiger partial charge in [0.1, 0.15) is 5.82 Å². The summed E-state index contributed by atoms with van der Waals surface area (Å²) < 4.78 is 0. The van der Waals surface area contributed by atoms with Crippen LogP contribution in [0.5, 0.6) is 0 Å². The zero-order valence-corrected chi connectivity index (χ0v) is 7.15. The number of rotatable bonds is 0. The van der Waals surface area contributed by atoms with Crippen LogP contribution in [-0.4, -0.2) is 32.4 Å². The van der Waals surface area contributed by atoms with Crippen LogP contribution in [0.1, 0.15) is 5.82 Å². The summed E-state index contributed by atoms with van der Waals surface area (Å²) in [5.74, 6) is 0.968. The van der Waals surface area contributed by atoms with Crippen LogP contribution >= 0.6 is 0 Å². The number of imidazole rings is 1. The van der Waals surface area contributed by atoms with Crippen molar-refractivity contribution >= 4 is 7.32 Å². The van der Waals surface area contributed by atoms with E-state index in [1.54, 1.807) is 12.4 Å². The van der Waals surface area contributed by atoms with Gasteiger partial charge in [0.15, 0.2) is 0 Å². The van der Waals surface area contributed by atoms with E-state index in [0.29, 0.717) is 0 Å². The molecule has 0 unspecified atom stereocenters. The fourth-order valence-corrected chi connectivity index (χ4v) is 0.344. The maximum Gasteiger partial charge on any atom is 0.631 e. The highest BCUT2D eigenvalue weighted by Crippen LogP contribution is 1.78. The van der Waals surface area contributed by atoms with Gasteiger partial charge in [-0.1, -0.05) is 0 Å². The van der Waals surface area contributed by atoms with Gasteiger partial charge in [0.2, 0.25) is 0 Å². The minimum atomic E-state index is -2.17. The average molecular weight is 224 g/mol. The Morgan fingerprint density at radius 2 is 1.50 bits per heavy atom.